The van der Waals surface area contributed by atoms with E-state index in [1.807, 2.05) is 24.3 Å². The first-order valence-electron chi connectivity index (χ1n) is 23.8. The molecule has 0 bridgehead atoms. The van der Waals surface area contributed by atoms with Crippen LogP contribution in [-0.2, 0) is 66.4 Å². The molecule has 65 heavy (non-hydrogen) atoms. The molecule has 0 aliphatic heterocycles. The highest BCUT2D eigenvalue weighted by Crippen LogP contribution is 2.44. The van der Waals surface area contributed by atoms with E-state index >= 15 is 0 Å². The van der Waals surface area contributed by atoms with E-state index in [-0.39, 0.29) is 25.1 Å². The third-order valence-corrected chi connectivity index (χ3v) is 10.1. The lowest BCUT2D eigenvalue weighted by Gasteiger charge is -2.14. The second-order valence-corrected chi connectivity index (χ2v) is 15.1. The molecule has 0 fully saturated rings. The summed E-state index contributed by atoms with van der Waals surface area (Å²) in [5.41, 5.74) is 4.76. The first-order valence-corrected chi connectivity index (χ1v) is 23.8. The van der Waals surface area contributed by atoms with Crippen molar-refractivity contribution >= 4 is 12.1 Å². The van der Waals surface area contributed by atoms with Crippen LogP contribution < -0.4 is 5.32 Å². The quantitative estimate of drug-likeness (QED) is 0.0573. The molecule has 1 aliphatic carbocycles. The Balaban J connectivity index is 0.910. The minimum Gasteiger partial charge on any atom is -0.463 e. The van der Waals surface area contributed by atoms with Gasteiger partial charge >= 0.3 is 12.1 Å². The lowest BCUT2D eigenvalue weighted by molar-refractivity contribution is -0.145. The predicted octanol–water partition coefficient (Wildman–Crippen LogP) is 6.39. The highest BCUT2D eigenvalue weighted by molar-refractivity contribution is 5.79. The van der Waals surface area contributed by atoms with Gasteiger partial charge in [0, 0.05) is 18.9 Å². The molecule has 16 nitrogen and oxygen atoms in total. The third-order valence-electron chi connectivity index (χ3n) is 10.1. The van der Waals surface area contributed by atoms with Crippen molar-refractivity contribution in [2.75, 3.05) is 165 Å². The molecule has 0 saturated heterocycles. The summed E-state index contributed by atoms with van der Waals surface area (Å²) in [6, 6.07) is 16.5. The largest absolute Gasteiger partial charge is 0.463 e. The Kier molecular flexibility index (Phi) is 35.3. The molecule has 0 saturated carbocycles. The third kappa shape index (κ3) is 29.2. The maximum atomic E-state index is 12.3. The van der Waals surface area contributed by atoms with Crippen molar-refractivity contribution in [1.82, 2.24) is 5.32 Å². The Morgan fingerprint density at radius 1 is 0.415 bits per heavy atom. The van der Waals surface area contributed by atoms with Crippen LogP contribution in [0.3, 0.4) is 0 Å². The highest BCUT2D eigenvalue weighted by atomic mass is 16.6. The van der Waals surface area contributed by atoms with Crippen molar-refractivity contribution in [3.63, 3.8) is 0 Å². The van der Waals surface area contributed by atoms with Crippen LogP contribution in [0.15, 0.2) is 48.5 Å². The normalized spacial score (nSPS) is 12.1. The minimum absolute atomic E-state index is 0.0324. The molecule has 0 radical (unpaired) electrons. The summed E-state index contributed by atoms with van der Waals surface area (Å²) in [5, 5.41) is 2.75. The number of nitrogens with one attached hydrogen (secondary N) is 1. The van der Waals surface area contributed by atoms with Crippen molar-refractivity contribution in [2.24, 2.45) is 0 Å². The van der Waals surface area contributed by atoms with Crippen LogP contribution in [-0.4, -0.2) is 177 Å². The van der Waals surface area contributed by atoms with E-state index in [4.69, 9.17) is 61.6 Å². The number of ether oxygens (including phenoxy) is 13. The zero-order chi connectivity index (χ0) is 45.9. The Bertz CT molecular complexity index is 1390. The zero-order valence-corrected chi connectivity index (χ0v) is 39.2. The van der Waals surface area contributed by atoms with Crippen LogP contribution in [0.4, 0.5) is 4.79 Å². The standard InChI is InChI=1S/C49H79NO15/c1-2-3-4-5-6-7-8-17-48(51)64-41-40-63-39-38-62-37-36-61-35-34-60-33-32-59-31-30-58-29-28-57-27-26-56-25-24-55-23-22-54-21-20-53-19-18-50-49(52)65-42-47-45-15-11-9-13-43(45)44-14-10-12-16-46(44)47/h9-16,47H,2-8,17-42H2,1H3,(H,50,52). The monoisotopic (exact) mass is 922 g/mol. The average Bonchev–Trinajstić information content (AvgIpc) is 3.64. The summed E-state index contributed by atoms with van der Waals surface area (Å²) < 4.78 is 71.3. The molecule has 1 N–H and O–H groups in total. The van der Waals surface area contributed by atoms with E-state index in [0.29, 0.717) is 158 Å². The van der Waals surface area contributed by atoms with Gasteiger partial charge in [0.2, 0.25) is 0 Å². The first-order chi connectivity index (χ1) is 32.2. The van der Waals surface area contributed by atoms with Crippen molar-refractivity contribution in [3.05, 3.63) is 59.7 Å². The van der Waals surface area contributed by atoms with Gasteiger partial charge in [0.1, 0.15) is 13.2 Å². The molecular weight excluding hydrogens is 843 g/mol. The van der Waals surface area contributed by atoms with Crippen LogP contribution in [0.1, 0.15) is 75.3 Å². The van der Waals surface area contributed by atoms with E-state index in [1.165, 1.54) is 54.4 Å². The van der Waals surface area contributed by atoms with Crippen LogP contribution in [0.25, 0.3) is 11.1 Å². The smallest absolute Gasteiger partial charge is 0.407 e. The maximum Gasteiger partial charge on any atom is 0.407 e. The van der Waals surface area contributed by atoms with Gasteiger partial charge in [0.15, 0.2) is 0 Å². The van der Waals surface area contributed by atoms with Gasteiger partial charge in [-0.25, -0.2) is 4.79 Å². The summed E-state index contributed by atoms with van der Waals surface area (Å²) in [5.74, 6) is -0.113. The molecular formula is C49H79NO15. The number of rotatable bonds is 46. The van der Waals surface area contributed by atoms with E-state index in [0.717, 1.165) is 12.8 Å². The fourth-order valence-corrected chi connectivity index (χ4v) is 6.69. The number of hydrogen-bond donors (Lipinski definition) is 1. The molecule has 0 unspecified atom stereocenters. The van der Waals surface area contributed by atoms with Gasteiger partial charge in [0.05, 0.1) is 145 Å². The second kappa shape index (κ2) is 41.0. The Morgan fingerprint density at radius 2 is 0.754 bits per heavy atom. The molecule has 0 spiro atoms. The lowest BCUT2D eigenvalue weighted by atomic mass is 9.98. The van der Waals surface area contributed by atoms with Crippen molar-refractivity contribution in [2.45, 2.75) is 64.2 Å². The number of hydrogen-bond acceptors (Lipinski definition) is 15. The Hall–Kier alpha value is -3.26. The van der Waals surface area contributed by atoms with Gasteiger partial charge in [-0.1, -0.05) is 94.0 Å². The molecule has 2 aromatic rings. The maximum absolute atomic E-state index is 12.3. The number of fused-ring (bicyclic) bond motifs is 3. The predicted molar refractivity (Wildman–Crippen MR) is 246 cm³/mol. The van der Waals surface area contributed by atoms with E-state index in [1.54, 1.807) is 0 Å². The van der Waals surface area contributed by atoms with Crippen molar-refractivity contribution in [3.8, 4) is 11.1 Å². The molecule has 370 valence electrons. The molecule has 0 heterocycles. The zero-order valence-electron chi connectivity index (χ0n) is 39.2. The van der Waals surface area contributed by atoms with Crippen molar-refractivity contribution < 1.29 is 71.2 Å². The van der Waals surface area contributed by atoms with Gasteiger partial charge in [-0.15, -0.1) is 0 Å². The molecule has 0 aromatic heterocycles. The molecule has 3 rings (SSSR count). The SMILES string of the molecule is CCCCCCCCCC(=O)OCCOCCOCCOCCOCCOCCOCCOCCOCCOCCOCCOCCNC(=O)OCC1c2ccccc2-c2ccccc21. The van der Waals surface area contributed by atoms with Gasteiger partial charge in [-0.05, 0) is 28.7 Å². The van der Waals surface area contributed by atoms with Crippen LogP contribution >= 0.6 is 0 Å². The molecule has 2 aromatic carbocycles. The van der Waals surface area contributed by atoms with Crippen LogP contribution in [0, 0.1) is 0 Å². The number of amides is 1. The summed E-state index contributed by atoms with van der Waals surface area (Å²) in [6.45, 7) is 13.3. The van der Waals surface area contributed by atoms with E-state index < -0.39 is 6.09 Å². The number of unbranched alkanes of at least 4 members (excludes halogenated alkanes) is 6. The molecule has 16 heteroatoms. The summed E-state index contributed by atoms with van der Waals surface area (Å²) in [7, 11) is 0. The number of benzene rings is 2. The first kappa shape index (κ1) is 56.1. The Labute approximate surface area is 387 Å². The van der Waals surface area contributed by atoms with Gasteiger partial charge < -0.3 is 66.9 Å². The number of carbonyl (C=O) groups is 2. The fourth-order valence-electron chi connectivity index (χ4n) is 6.69. The van der Waals surface area contributed by atoms with E-state index in [9.17, 15) is 9.59 Å². The second-order valence-electron chi connectivity index (χ2n) is 15.1. The van der Waals surface area contributed by atoms with Gasteiger partial charge in [-0.3, -0.25) is 4.79 Å². The molecule has 0 atom stereocenters. The summed E-state index contributed by atoms with van der Waals surface area (Å²) in [6.07, 6.45) is 8.30. The van der Waals surface area contributed by atoms with Crippen LogP contribution in [0.5, 0.6) is 0 Å². The number of esters is 1. The minimum atomic E-state index is -0.455. The highest BCUT2D eigenvalue weighted by Gasteiger charge is 2.29. The van der Waals surface area contributed by atoms with E-state index in [2.05, 4.69) is 36.5 Å². The topological polar surface area (TPSA) is 166 Å². The lowest BCUT2D eigenvalue weighted by Crippen LogP contribution is -2.29. The van der Waals surface area contributed by atoms with Crippen molar-refractivity contribution in [1.29, 1.82) is 0 Å². The number of carbonyl (C=O) groups excluding carboxylic acids is 2. The molecule has 1 aliphatic rings. The van der Waals surface area contributed by atoms with Gasteiger partial charge in [-0.2, -0.15) is 0 Å². The molecule has 1 amide bonds. The number of alkyl carbamates (subject to hydrolysis) is 1. The summed E-state index contributed by atoms with van der Waals surface area (Å²) in [4.78, 5) is 24.0. The Morgan fingerprint density at radius 3 is 1.15 bits per heavy atom. The summed E-state index contributed by atoms with van der Waals surface area (Å²) >= 11 is 0. The fraction of sp³-hybridized carbons (Fsp3) is 0.714. The average molecular weight is 922 g/mol. The van der Waals surface area contributed by atoms with Crippen LogP contribution in [0.2, 0.25) is 0 Å². The van der Waals surface area contributed by atoms with Gasteiger partial charge in [0.25, 0.3) is 0 Å².